The lowest BCUT2D eigenvalue weighted by molar-refractivity contribution is -0.129. The molecule has 0 saturated carbocycles. The monoisotopic (exact) mass is 515 g/mol. The second-order valence-corrected chi connectivity index (χ2v) is 9.71. The van der Waals surface area contributed by atoms with Gasteiger partial charge in [0.15, 0.2) is 17.5 Å². The van der Waals surface area contributed by atoms with Crippen LogP contribution in [0.2, 0.25) is 0 Å². The van der Waals surface area contributed by atoms with Gasteiger partial charge in [0.25, 0.3) is 0 Å². The van der Waals surface area contributed by atoms with Gasteiger partial charge in [-0.15, -0.1) is 0 Å². The number of nitrogens with zero attached hydrogens (tertiary/aromatic N) is 3. The fourth-order valence-corrected chi connectivity index (χ4v) is 4.67. The molecule has 4 rings (SSSR count). The summed E-state index contributed by atoms with van der Waals surface area (Å²) < 4.78 is 90.4. The number of nitrogens with two attached hydrogens (primary N) is 1. The summed E-state index contributed by atoms with van der Waals surface area (Å²) in [7, 11) is -4.47. The van der Waals surface area contributed by atoms with Crippen molar-refractivity contribution in [3.63, 3.8) is 0 Å². The quantitative estimate of drug-likeness (QED) is 0.449. The molecule has 0 radical (unpaired) electrons. The smallest absolute Gasteiger partial charge is 0.390 e. The number of aromatic nitrogens is 3. The van der Waals surface area contributed by atoms with E-state index in [0.717, 1.165) is 6.07 Å². The van der Waals surface area contributed by atoms with Crippen molar-refractivity contribution in [2.24, 2.45) is 0 Å². The van der Waals surface area contributed by atoms with Crippen molar-refractivity contribution in [3.8, 4) is 22.7 Å². The van der Waals surface area contributed by atoms with E-state index in [0.29, 0.717) is 31.9 Å². The first-order valence-electron chi connectivity index (χ1n) is 10.6. The highest BCUT2D eigenvalue weighted by atomic mass is 32.2. The molecular weight excluding hydrogens is 494 g/mol. The van der Waals surface area contributed by atoms with Gasteiger partial charge < -0.3 is 14.9 Å². The molecule has 0 aliphatic carbocycles. The Kier molecular flexibility index (Phi) is 6.94. The number of alkyl halides is 3. The average Bonchev–Trinajstić information content (AvgIpc) is 3.25. The summed E-state index contributed by atoms with van der Waals surface area (Å²) in [6.07, 6.45) is -3.59. The summed E-state index contributed by atoms with van der Waals surface area (Å²) in [5.41, 5.74) is 5.31. The van der Waals surface area contributed by atoms with E-state index in [1.165, 1.54) is 24.4 Å². The molecule has 0 atom stereocenters. The minimum Gasteiger partial charge on any atom is -0.438 e. The van der Waals surface area contributed by atoms with Gasteiger partial charge in [-0.1, -0.05) is 6.07 Å². The summed E-state index contributed by atoms with van der Waals surface area (Å²) in [5.74, 6) is -2.00. The lowest BCUT2D eigenvalue weighted by atomic mass is 10.0. The summed E-state index contributed by atoms with van der Waals surface area (Å²) in [4.78, 5) is 12.4. The maximum atomic E-state index is 15.5. The average molecular weight is 515 g/mol. The number of anilines is 2. The van der Waals surface area contributed by atoms with E-state index in [1.54, 1.807) is 0 Å². The number of nitrogens with one attached hydrogen (secondary N) is 1. The van der Waals surface area contributed by atoms with Crippen molar-refractivity contribution in [3.05, 3.63) is 42.2 Å². The van der Waals surface area contributed by atoms with E-state index < -0.39 is 39.9 Å². The molecule has 3 heterocycles. The van der Waals surface area contributed by atoms with Gasteiger partial charge in [-0.05, 0) is 31.0 Å². The highest BCUT2D eigenvalue weighted by molar-refractivity contribution is 7.92. The van der Waals surface area contributed by atoms with Gasteiger partial charge >= 0.3 is 6.18 Å². The molecule has 1 aliphatic heterocycles. The second-order valence-electron chi connectivity index (χ2n) is 7.87. The van der Waals surface area contributed by atoms with Crippen molar-refractivity contribution in [2.75, 3.05) is 29.4 Å². The van der Waals surface area contributed by atoms with E-state index in [2.05, 4.69) is 15.0 Å². The maximum Gasteiger partial charge on any atom is 0.390 e. The van der Waals surface area contributed by atoms with Gasteiger partial charge in [0.1, 0.15) is 11.4 Å². The summed E-state index contributed by atoms with van der Waals surface area (Å²) >= 11 is 0. The SMILES string of the molecule is Nc1nccc(-c2oc(C3CCOCC3)nc2-c2cccc(NS(=O)(=O)CCC(F)(F)F)c2F)n1. The normalized spacial score (nSPS) is 15.3. The van der Waals surface area contributed by atoms with Crippen LogP contribution in [0.3, 0.4) is 0 Å². The van der Waals surface area contributed by atoms with E-state index in [-0.39, 0.29) is 34.6 Å². The fourth-order valence-electron chi connectivity index (χ4n) is 3.57. The molecule has 1 fully saturated rings. The Labute approximate surface area is 197 Å². The second kappa shape index (κ2) is 9.77. The van der Waals surface area contributed by atoms with Gasteiger partial charge in [-0.3, -0.25) is 4.72 Å². The lowest BCUT2D eigenvalue weighted by Crippen LogP contribution is -2.22. The number of rotatable bonds is 7. The highest BCUT2D eigenvalue weighted by Gasteiger charge is 2.31. The zero-order valence-corrected chi connectivity index (χ0v) is 19.0. The molecule has 35 heavy (non-hydrogen) atoms. The first-order chi connectivity index (χ1) is 16.5. The molecule has 3 aromatic rings. The highest BCUT2D eigenvalue weighted by Crippen LogP contribution is 2.39. The Morgan fingerprint density at radius 3 is 2.57 bits per heavy atom. The third kappa shape index (κ3) is 6.06. The van der Waals surface area contributed by atoms with Gasteiger partial charge in [0.2, 0.25) is 16.0 Å². The van der Waals surface area contributed by atoms with Gasteiger partial charge in [-0.25, -0.2) is 27.8 Å². The fraction of sp³-hybridized carbons (Fsp3) is 0.381. The standard InChI is InChI=1S/C21H21F4N5O4S/c22-16-13(2-1-3-14(16)30-35(31,32)11-7-21(23,24)25)17-18(15-4-8-27-20(26)28-15)34-19(29-17)12-5-9-33-10-6-12/h1-4,8,12,30H,5-7,9-11H2,(H2,26,27,28). The van der Waals surface area contributed by atoms with Crippen molar-refractivity contribution >= 4 is 21.7 Å². The number of nitrogen functional groups attached to an aromatic ring is 1. The Hall–Kier alpha value is -3.26. The molecule has 188 valence electrons. The topological polar surface area (TPSA) is 133 Å². The first-order valence-corrected chi connectivity index (χ1v) is 12.2. The van der Waals surface area contributed by atoms with Crippen LogP contribution in [0.25, 0.3) is 22.7 Å². The van der Waals surface area contributed by atoms with E-state index in [9.17, 15) is 21.6 Å². The summed E-state index contributed by atoms with van der Waals surface area (Å²) in [5, 5.41) is 0. The molecule has 1 aliphatic rings. The Balaban J connectivity index is 1.74. The van der Waals surface area contributed by atoms with Crippen LogP contribution in [0, 0.1) is 5.82 Å². The van der Waals surface area contributed by atoms with E-state index >= 15 is 4.39 Å². The third-order valence-electron chi connectivity index (χ3n) is 5.29. The number of sulfonamides is 1. The largest absolute Gasteiger partial charge is 0.438 e. The van der Waals surface area contributed by atoms with Crippen LogP contribution in [0.15, 0.2) is 34.9 Å². The zero-order chi connectivity index (χ0) is 25.2. The first kappa shape index (κ1) is 24.9. The van der Waals surface area contributed by atoms with Crippen LogP contribution in [-0.2, 0) is 14.8 Å². The molecule has 3 N–H and O–H groups in total. The van der Waals surface area contributed by atoms with Gasteiger partial charge in [-0.2, -0.15) is 13.2 Å². The van der Waals surface area contributed by atoms with Gasteiger partial charge in [0.05, 0.1) is 17.9 Å². The molecule has 2 aromatic heterocycles. The van der Waals surface area contributed by atoms with E-state index in [4.69, 9.17) is 14.9 Å². The number of hydrogen-bond donors (Lipinski definition) is 2. The molecule has 0 amide bonds. The Morgan fingerprint density at radius 2 is 1.89 bits per heavy atom. The molecule has 1 aromatic carbocycles. The number of hydrogen-bond acceptors (Lipinski definition) is 8. The lowest BCUT2D eigenvalue weighted by Gasteiger charge is -2.18. The maximum absolute atomic E-state index is 15.5. The summed E-state index contributed by atoms with van der Waals surface area (Å²) in [6.45, 7) is 1.00. The van der Waals surface area contributed by atoms with Crippen molar-refractivity contribution in [1.29, 1.82) is 0 Å². The minimum atomic E-state index is -4.68. The molecule has 14 heteroatoms. The van der Waals surface area contributed by atoms with Crippen LogP contribution >= 0.6 is 0 Å². The molecule has 9 nitrogen and oxygen atoms in total. The predicted octanol–water partition coefficient (Wildman–Crippen LogP) is 4.11. The van der Waals surface area contributed by atoms with E-state index in [1.807, 2.05) is 4.72 Å². The molecule has 0 bridgehead atoms. The molecule has 0 spiro atoms. The van der Waals surface area contributed by atoms with Crippen LogP contribution < -0.4 is 10.5 Å². The number of halogens is 4. The minimum absolute atomic E-state index is 0.0402. The van der Waals surface area contributed by atoms with Crippen LogP contribution in [0.1, 0.15) is 31.1 Å². The zero-order valence-electron chi connectivity index (χ0n) is 18.2. The Bertz CT molecular complexity index is 1310. The van der Waals surface area contributed by atoms with Crippen LogP contribution in [0.5, 0.6) is 0 Å². The summed E-state index contributed by atoms with van der Waals surface area (Å²) in [6, 6.07) is 5.30. The van der Waals surface area contributed by atoms with Crippen molar-refractivity contribution < 1.29 is 35.1 Å². The number of oxazole rings is 1. The molecule has 0 unspecified atom stereocenters. The molecular formula is C21H21F4N5O4S. The van der Waals surface area contributed by atoms with Crippen LogP contribution in [0.4, 0.5) is 29.2 Å². The van der Waals surface area contributed by atoms with Crippen molar-refractivity contribution in [1.82, 2.24) is 15.0 Å². The molecule has 1 saturated heterocycles. The predicted molar refractivity (Wildman–Crippen MR) is 118 cm³/mol. The van der Waals surface area contributed by atoms with Gasteiger partial charge in [0, 0.05) is 30.9 Å². The third-order valence-corrected chi connectivity index (χ3v) is 6.57. The number of ether oxygens (including phenoxy) is 1. The van der Waals surface area contributed by atoms with Crippen molar-refractivity contribution in [2.45, 2.75) is 31.4 Å². The Morgan fingerprint density at radius 1 is 1.14 bits per heavy atom. The number of benzene rings is 1. The van der Waals surface area contributed by atoms with Crippen LogP contribution in [-0.4, -0.2) is 48.5 Å².